The Morgan fingerprint density at radius 1 is 1.27 bits per heavy atom. The van der Waals surface area contributed by atoms with E-state index in [0.717, 1.165) is 5.25 Å². The van der Waals surface area contributed by atoms with Crippen LogP contribution in [0.5, 0.6) is 0 Å². The Morgan fingerprint density at radius 2 is 1.93 bits per heavy atom. The van der Waals surface area contributed by atoms with E-state index in [0.29, 0.717) is 17.2 Å². The summed E-state index contributed by atoms with van der Waals surface area (Å²) in [6.07, 6.45) is 3.81. The van der Waals surface area contributed by atoms with Crippen molar-refractivity contribution >= 4 is 23.5 Å². The monoisotopic (exact) mass is 247 g/mol. The third kappa shape index (κ3) is 3.86. The van der Waals surface area contributed by atoms with E-state index in [1.54, 1.807) is 0 Å². The average Bonchev–Trinajstić information content (AvgIpc) is 2.28. The Labute approximate surface area is 103 Å². The van der Waals surface area contributed by atoms with Crippen LogP contribution in [0.15, 0.2) is 0 Å². The van der Waals surface area contributed by atoms with Crippen LogP contribution in [0.4, 0.5) is 0 Å². The fourth-order valence-corrected chi connectivity index (χ4v) is 5.59. The summed E-state index contributed by atoms with van der Waals surface area (Å²) in [6.45, 7) is 6.87. The van der Waals surface area contributed by atoms with Crippen LogP contribution in [0.1, 0.15) is 40.0 Å². The molecule has 0 saturated carbocycles. The third-order valence-corrected chi connectivity index (χ3v) is 6.67. The molecule has 1 fully saturated rings. The lowest BCUT2D eigenvalue weighted by atomic mass is 9.93. The van der Waals surface area contributed by atoms with Gasteiger partial charge in [0.15, 0.2) is 0 Å². The zero-order valence-corrected chi connectivity index (χ0v) is 11.9. The molecule has 1 aliphatic rings. The Morgan fingerprint density at radius 3 is 2.53 bits per heavy atom. The molecule has 1 saturated heterocycles. The van der Waals surface area contributed by atoms with E-state index >= 15 is 0 Å². The van der Waals surface area contributed by atoms with Gasteiger partial charge in [-0.15, -0.1) is 0 Å². The molecule has 1 nitrogen and oxygen atoms in total. The molecule has 0 aromatic heterocycles. The van der Waals surface area contributed by atoms with E-state index in [2.05, 4.69) is 44.3 Å². The zero-order chi connectivity index (χ0) is 11.3. The lowest BCUT2D eigenvalue weighted by Gasteiger charge is -2.36. The molecule has 0 radical (unpaired) electrons. The van der Waals surface area contributed by atoms with Gasteiger partial charge in [0, 0.05) is 28.0 Å². The summed E-state index contributed by atoms with van der Waals surface area (Å²) in [5.74, 6) is 3.28. The van der Waals surface area contributed by atoms with Gasteiger partial charge in [0.05, 0.1) is 0 Å². The summed E-state index contributed by atoms with van der Waals surface area (Å²) < 4.78 is 0. The highest BCUT2D eigenvalue weighted by Gasteiger charge is 2.32. The highest BCUT2D eigenvalue weighted by Crippen LogP contribution is 2.36. The largest absolute Gasteiger partial charge is 0.326 e. The fraction of sp³-hybridized carbons (Fsp3) is 1.00. The van der Waals surface area contributed by atoms with Crippen molar-refractivity contribution in [2.75, 3.05) is 11.5 Å². The molecule has 0 aromatic rings. The summed E-state index contributed by atoms with van der Waals surface area (Å²) >= 11 is 4.25. The van der Waals surface area contributed by atoms with Crippen LogP contribution in [-0.4, -0.2) is 28.0 Å². The van der Waals surface area contributed by atoms with Gasteiger partial charge in [0.25, 0.3) is 0 Å². The number of hydrogen-bond donors (Lipinski definition) is 1. The first-order chi connectivity index (χ1) is 7.20. The lowest BCUT2D eigenvalue weighted by molar-refractivity contribution is 0.404. The average molecular weight is 247 g/mol. The summed E-state index contributed by atoms with van der Waals surface area (Å²) in [6, 6.07) is 0.396. The van der Waals surface area contributed by atoms with Crippen LogP contribution in [0, 0.1) is 5.92 Å². The van der Waals surface area contributed by atoms with Crippen molar-refractivity contribution in [1.82, 2.24) is 0 Å². The molecule has 4 atom stereocenters. The molecule has 3 heteroatoms. The smallest absolute Gasteiger partial charge is 0.0320 e. The Kier molecular flexibility index (Phi) is 6.48. The normalized spacial score (nSPS) is 31.2. The molecular formula is C12H25NS2. The van der Waals surface area contributed by atoms with Gasteiger partial charge in [-0.1, -0.05) is 27.2 Å². The van der Waals surface area contributed by atoms with Crippen molar-refractivity contribution in [3.8, 4) is 0 Å². The minimum atomic E-state index is 0.396. The van der Waals surface area contributed by atoms with Gasteiger partial charge in [0.1, 0.15) is 0 Å². The second-order valence-corrected chi connectivity index (χ2v) is 7.13. The highest BCUT2D eigenvalue weighted by molar-refractivity contribution is 8.07. The second-order valence-electron chi connectivity index (χ2n) is 4.50. The summed E-state index contributed by atoms with van der Waals surface area (Å²) in [5.41, 5.74) is 6.41. The summed E-state index contributed by atoms with van der Waals surface area (Å²) in [7, 11) is 0. The summed E-state index contributed by atoms with van der Waals surface area (Å²) in [5, 5.41) is 1.48. The predicted molar refractivity (Wildman–Crippen MR) is 74.8 cm³/mol. The lowest BCUT2D eigenvalue weighted by Crippen LogP contribution is -2.45. The quantitative estimate of drug-likeness (QED) is 0.806. The Bertz CT molecular complexity index is 175. The summed E-state index contributed by atoms with van der Waals surface area (Å²) in [4.78, 5) is 0. The van der Waals surface area contributed by atoms with E-state index in [1.807, 2.05) is 0 Å². The van der Waals surface area contributed by atoms with Crippen LogP contribution < -0.4 is 5.73 Å². The van der Waals surface area contributed by atoms with Gasteiger partial charge in [-0.25, -0.2) is 0 Å². The molecule has 0 aliphatic carbocycles. The predicted octanol–water partition coefficient (Wildman–Crippen LogP) is 3.38. The van der Waals surface area contributed by atoms with E-state index in [1.165, 1.54) is 30.8 Å². The van der Waals surface area contributed by atoms with Crippen LogP contribution in [0.25, 0.3) is 0 Å². The van der Waals surface area contributed by atoms with Crippen LogP contribution in [0.3, 0.4) is 0 Å². The third-order valence-electron chi connectivity index (χ3n) is 3.27. The molecule has 1 heterocycles. The molecule has 15 heavy (non-hydrogen) atoms. The number of nitrogens with two attached hydrogens (primary N) is 1. The van der Waals surface area contributed by atoms with Crippen molar-refractivity contribution in [3.05, 3.63) is 0 Å². The van der Waals surface area contributed by atoms with Gasteiger partial charge in [-0.05, 0) is 18.8 Å². The Hall–Kier alpha value is 0.660. The molecule has 0 spiro atoms. The van der Waals surface area contributed by atoms with Crippen molar-refractivity contribution in [3.63, 3.8) is 0 Å². The van der Waals surface area contributed by atoms with Crippen molar-refractivity contribution < 1.29 is 0 Å². The van der Waals surface area contributed by atoms with Gasteiger partial charge in [-0.2, -0.15) is 23.5 Å². The van der Waals surface area contributed by atoms with Gasteiger partial charge < -0.3 is 5.73 Å². The fourth-order valence-electron chi connectivity index (χ4n) is 2.27. The maximum absolute atomic E-state index is 6.41. The molecule has 90 valence electrons. The van der Waals surface area contributed by atoms with Crippen LogP contribution >= 0.6 is 23.5 Å². The minimum Gasteiger partial charge on any atom is -0.326 e. The number of thioether (sulfide) groups is 2. The standard InChI is InChI=1S/C12H25NS2/c1-4-6-9(3)11(13)12-10(5-2)14-7-8-15-12/h9-12H,4-8,13H2,1-3H3. The van der Waals surface area contributed by atoms with Gasteiger partial charge in [-0.3, -0.25) is 0 Å². The maximum atomic E-state index is 6.41. The second kappa shape index (κ2) is 7.08. The molecule has 1 rings (SSSR count). The minimum absolute atomic E-state index is 0.396. The topological polar surface area (TPSA) is 26.0 Å². The first-order valence-electron chi connectivity index (χ1n) is 6.19. The molecule has 0 amide bonds. The van der Waals surface area contributed by atoms with E-state index in [9.17, 15) is 0 Å². The van der Waals surface area contributed by atoms with E-state index < -0.39 is 0 Å². The SMILES string of the molecule is CCCC(C)C(N)C1SCCSC1CC. The van der Waals surface area contributed by atoms with E-state index in [-0.39, 0.29) is 0 Å². The zero-order valence-electron chi connectivity index (χ0n) is 10.2. The first-order valence-corrected chi connectivity index (χ1v) is 8.29. The highest BCUT2D eigenvalue weighted by atomic mass is 32.2. The van der Waals surface area contributed by atoms with Crippen LogP contribution in [0.2, 0.25) is 0 Å². The van der Waals surface area contributed by atoms with Crippen molar-refractivity contribution in [1.29, 1.82) is 0 Å². The van der Waals surface area contributed by atoms with Crippen molar-refractivity contribution in [2.24, 2.45) is 11.7 Å². The molecule has 0 aromatic carbocycles. The molecule has 1 aliphatic heterocycles. The van der Waals surface area contributed by atoms with Crippen LogP contribution in [-0.2, 0) is 0 Å². The van der Waals surface area contributed by atoms with Gasteiger partial charge in [0.2, 0.25) is 0 Å². The maximum Gasteiger partial charge on any atom is 0.0320 e. The number of hydrogen-bond acceptors (Lipinski definition) is 3. The van der Waals surface area contributed by atoms with E-state index in [4.69, 9.17) is 5.73 Å². The van der Waals surface area contributed by atoms with Crippen molar-refractivity contribution in [2.45, 2.75) is 56.6 Å². The Balaban J connectivity index is 2.50. The molecular weight excluding hydrogens is 222 g/mol. The molecule has 4 unspecified atom stereocenters. The molecule has 0 bridgehead atoms. The molecule has 2 N–H and O–H groups in total. The van der Waals surface area contributed by atoms with Gasteiger partial charge >= 0.3 is 0 Å². The number of rotatable bonds is 5. The first kappa shape index (κ1) is 13.7.